The zero-order valence-corrected chi connectivity index (χ0v) is 15.4. The lowest BCUT2D eigenvalue weighted by atomic mass is 10.2. The number of amides is 1. The molecule has 0 aliphatic heterocycles. The highest BCUT2D eigenvalue weighted by atomic mass is 32.2. The van der Waals surface area contributed by atoms with E-state index in [1.807, 2.05) is 60.3 Å². The van der Waals surface area contributed by atoms with Gasteiger partial charge >= 0.3 is 0 Å². The summed E-state index contributed by atoms with van der Waals surface area (Å²) < 4.78 is 6.05. The first-order valence-corrected chi connectivity index (χ1v) is 9.12. The first-order chi connectivity index (χ1) is 11.5. The molecule has 0 aromatic heterocycles. The molecule has 128 valence electrons. The van der Waals surface area contributed by atoms with Crippen molar-refractivity contribution in [1.82, 2.24) is 5.32 Å². The minimum Gasteiger partial charge on any atom is -0.488 e. The lowest BCUT2D eigenvalue weighted by Crippen LogP contribution is -2.27. The maximum Gasteiger partial charge on any atom is 0.255 e. The molecule has 0 bridgehead atoms. The molecule has 0 aliphatic carbocycles. The summed E-state index contributed by atoms with van der Waals surface area (Å²) in [6, 6.07) is 17.3. The quantitative estimate of drug-likeness (QED) is 0.751. The number of rotatable bonds is 7. The summed E-state index contributed by atoms with van der Waals surface area (Å²) in [5, 5.41) is 2.97. The summed E-state index contributed by atoms with van der Waals surface area (Å²) in [6.45, 7) is 7.61. The molecule has 4 heteroatoms. The van der Waals surface area contributed by atoms with E-state index in [-0.39, 0.29) is 10.7 Å². The molecule has 0 fully saturated rings. The van der Waals surface area contributed by atoms with E-state index in [9.17, 15) is 4.79 Å². The van der Waals surface area contributed by atoms with Crippen LogP contribution in [-0.4, -0.2) is 23.0 Å². The molecule has 0 atom stereocenters. The van der Waals surface area contributed by atoms with Gasteiger partial charge in [-0.1, -0.05) is 63.2 Å². The molecule has 1 N–H and O–H groups in total. The van der Waals surface area contributed by atoms with Crippen LogP contribution in [0, 0.1) is 0 Å². The molecule has 0 radical (unpaired) electrons. The Morgan fingerprint density at radius 3 is 2.42 bits per heavy atom. The standard InChI is InChI=1S/C20H25NO2S/c1-20(2,3)24-14-13-21-19(22)17-11-7-8-12-18(17)23-15-16-9-5-4-6-10-16/h4-12H,13-15H2,1-3H3,(H,21,22). The highest BCUT2D eigenvalue weighted by Crippen LogP contribution is 2.22. The van der Waals surface area contributed by atoms with E-state index >= 15 is 0 Å². The maximum atomic E-state index is 12.4. The van der Waals surface area contributed by atoms with Crippen molar-refractivity contribution in [3.05, 3.63) is 65.7 Å². The molecule has 2 aromatic carbocycles. The smallest absolute Gasteiger partial charge is 0.255 e. The molecule has 0 spiro atoms. The molecule has 0 unspecified atom stereocenters. The number of carbonyl (C=O) groups excluding carboxylic acids is 1. The van der Waals surface area contributed by atoms with Crippen molar-refractivity contribution in [2.75, 3.05) is 12.3 Å². The average molecular weight is 343 g/mol. The van der Waals surface area contributed by atoms with Crippen LogP contribution in [0.5, 0.6) is 5.75 Å². The van der Waals surface area contributed by atoms with Crippen LogP contribution in [0.25, 0.3) is 0 Å². The van der Waals surface area contributed by atoms with Gasteiger partial charge in [-0.05, 0) is 17.7 Å². The van der Waals surface area contributed by atoms with Crippen LogP contribution in [0.4, 0.5) is 0 Å². The second-order valence-corrected chi connectivity index (χ2v) is 8.41. The maximum absolute atomic E-state index is 12.4. The van der Waals surface area contributed by atoms with Crippen molar-refractivity contribution in [1.29, 1.82) is 0 Å². The third kappa shape index (κ3) is 6.28. The minimum absolute atomic E-state index is 0.0897. The summed E-state index contributed by atoms with van der Waals surface area (Å²) in [4.78, 5) is 12.4. The minimum atomic E-state index is -0.0897. The van der Waals surface area contributed by atoms with E-state index in [1.165, 1.54) is 0 Å². The van der Waals surface area contributed by atoms with Crippen molar-refractivity contribution in [2.45, 2.75) is 32.1 Å². The first-order valence-electron chi connectivity index (χ1n) is 8.13. The summed E-state index contributed by atoms with van der Waals surface area (Å²) in [5.74, 6) is 1.41. The number of para-hydroxylation sites is 1. The van der Waals surface area contributed by atoms with E-state index in [4.69, 9.17) is 4.74 Å². The molecular weight excluding hydrogens is 318 g/mol. The van der Waals surface area contributed by atoms with Crippen molar-refractivity contribution >= 4 is 17.7 Å². The molecule has 0 saturated carbocycles. The van der Waals surface area contributed by atoms with Crippen LogP contribution in [0.15, 0.2) is 54.6 Å². The zero-order valence-electron chi connectivity index (χ0n) is 14.5. The van der Waals surface area contributed by atoms with Gasteiger partial charge < -0.3 is 10.1 Å². The fourth-order valence-corrected chi connectivity index (χ4v) is 2.95. The molecule has 0 saturated heterocycles. The number of hydrogen-bond acceptors (Lipinski definition) is 3. The second-order valence-electron chi connectivity index (χ2n) is 6.49. The number of benzene rings is 2. The second kappa shape index (κ2) is 8.78. The molecule has 2 rings (SSSR count). The lowest BCUT2D eigenvalue weighted by molar-refractivity contribution is 0.0951. The van der Waals surface area contributed by atoms with Gasteiger partial charge in [-0.25, -0.2) is 0 Å². The SMILES string of the molecule is CC(C)(C)SCCNC(=O)c1ccccc1OCc1ccccc1. The number of hydrogen-bond donors (Lipinski definition) is 1. The van der Waals surface area contributed by atoms with Crippen molar-refractivity contribution < 1.29 is 9.53 Å². The lowest BCUT2D eigenvalue weighted by Gasteiger charge is -2.17. The highest BCUT2D eigenvalue weighted by molar-refractivity contribution is 8.00. The van der Waals surface area contributed by atoms with Gasteiger partial charge in [0.25, 0.3) is 5.91 Å². The third-order valence-corrected chi connectivity index (χ3v) is 4.57. The Balaban J connectivity index is 1.91. The fourth-order valence-electron chi connectivity index (χ4n) is 2.13. The van der Waals surface area contributed by atoms with Crippen LogP contribution in [0.3, 0.4) is 0 Å². The van der Waals surface area contributed by atoms with Gasteiger partial charge in [0.2, 0.25) is 0 Å². The van der Waals surface area contributed by atoms with E-state index in [0.717, 1.165) is 11.3 Å². The van der Waals surface area contributed by atoms with Crippen LogP contribution in [0.1, 0.15) is 36.7 Å². The van der Waals surface area contributed by atoms with Crippen LogP contribution >= 0.6 is 11.8 Å². The van der Waals surface area contributed by atoms with Crippen LogP contribution in [0.2, 0.25) is 0 Å². The highest BCUT2D eigenvalue weighted by Gasteiger charge is 2.13. The molecule has 2 aromatic rings. The van der Waals surface area contributed by atoms with Gasteiger partial charge in [0.1, 0.15) is 12.4 Å². The molecular formula is C20H25NO2S. The van der Waals surface area contributed by atoms with Gasteiger partial charge in [-0.2, -0.15) is 11.8 Å². The van der Waals surface area contributed by atoms with Gasteiger partial charge in [-0.15, -0.1) is 0 Å². The fraction of sp³-hybridized carbons (Fsp3) is 0.350. The molecule has 0 heterocycles. The predicted molar refractivity (Wildman–Crippen MR) is 102 cm³/mol. The normalized spacial score (nSPS) is 11.1. The number of carbonyl (C=O) groups is 1. The molecule has 1 amide bonds. The van der Waals surface area contributed by atoms with Crippen molar-refractivity contribution in [2.24, 2.45) is 0 Å². The number of ether oxygens (including phenoxy) is 1. The molecule has 0 aliphatic rings. The molecule has 24 heavy (non-hydrogen) atoms. The Labute approximate surface area is 148 Å². The third-order valence-electron chi connectivity index (χ3n) is 3.29. The predicted octanol–water partition coefficient (Wildman–Crippen LogP) is 4.53. The zero-order chi connectivity index (χ0) is 17.4. The largest absolute Gasteiger partial charge is 0.488 e. The van der Waals surface area contributed by atoms with Crippen molar-refractivity contribution in [3.8, 4) is 5.75 Å². The Bertz CT molecular complexity index is 650. The van der Waals surface area contributed by atoms with Gasteiger partial charge in [0.15, 0.2) is 0 Å². The van der Waals surface area contributed by atoms with Crippen LogP contribution in [-0.2, 0) is 6.61 Å². The Kier molecular flexibility index (Phi) is 6.73. The number of nitrogens with one attached hydrogen (secondary N) is 1. The summed E-state index contributed by atoms with van der Waals surface area (Å²) in [5.41, 5.74) is 1.66. The van der Waals surface area contributed by atoms with Gasteiger partial charge in [0.05, 0.1) is 5.56 Å². The van der Waals surface area contributed by atoms with E-state index < -0.39 is 0 Å². The Morgan fingerprint density at radius 2 is 1.71 bits per heavy atom. The number of thioether (sulfide) groups is 1. The van der Waals surface area contributed by atoms with Crippen LogP contribution < -0.4 is 10.1 Å². The topological polar surface area (TPSA) is 38.3 Å². The average Bonchev–Trinajstić information content (AvgIpc) is 2.57. The summed E-state index contributed by atoms with van der Waals surface area (Å²) in [6.07, 6.45) is 0. The van der Waals surface area contributed by atoms with Crippen molar-refractivity contribution in [3.63, 3.8) is 0 Å². The summed E-state index contributed by atoms with van der Waals surface area (Å²) in [7, 11) is 0. The molecule has 3 nitrogen and oxygen atoms in total. The Morgan fingerprint density at radius 1 is 1.04 bits per heavy atom. The van der Waals surface area contributed by atoms with E-state index in [2.05, 4.69) is 26.1 Å². The van der Waals surface area contributed by atoms with E-state index in [1.54, 1.807) is 6.07 Å². The van der Waals surface area contributed by atoms with E-state index in [0.29, 0.717) is 24.5 Å². The first kappa shape index (κ1) is 18.4. The summed E-state index contributed by atoms with van der Waals surface area (Å²) >= 11 is 1.84. The Hall–Kier alpha value is -1.94. The van der Waals surface area contributed by atoms with Gasteiger partial charge in [-0.3, -0.25) is 4.79 Å². The monoisotopic (exact) mass is 343 g/mol. The van der Waals surface area contributed by atoms with Gasteiger partial charge in [0, 0.05) is 17.0 Å².